The lowest BCUT2D eigenvalue weighted by Gasteiger charge is -2.33. The molecule has 0 aliphatic carbocycles. The van der Waals surface area contributed by atoms with Crippen molar-refractivity contribution in [2.24, 2.45) is 5.73 Å². The molecule has 3 aromatic rings. The fraction of sp³-hybridized carbons (Fsp3) is 0.393. The van der Waals surface area contributed by atoms with Crippen molar-refractivity contribution < 1.29 is 0 Å². The minimum Gasteiger partial charge on any atom is -0.382 e. The number of hydrogen-bond donors (Lipinski definition) is 2. The maximum atomic E-state index is 6.78. The zero-order chi connectivity index (χ0) is 22.2. The Morgan fingerprint density at radius 1 is 0.968 bits per heavy atom. The van der Waals surface area contributed by atoms with Gasteiger partial charge in [-0.1, -0.05) is 62.4 Å². The highest BCUT2D eigenvalue weighted by Crippen LogP contribution is 2.39. The van der Waals surface area contributed by atoms with Gasteiger partial charge in [-0.15, -0.1) is 0 Å². The van der Waals surface area contributed by atoms with Gasteiger partial charge in [0.25, 0.3) is 0 Å². The lowest BCUT2D eigenvalue weighted by atomic mass is 9.76. The number of hydrogen-bond acceptors (Lipinski definition) is 3. The quantitative estimate of drug-likeness (QED) is 0.503. The van der Waals surface area contributed by atoms with Crippen LogP contribution in [-0.2, 0) is 6.42 Å². The van der Waals surface area contributed by atoms with Crippen molar-refractivity contribution >= 4 is 5.69 Å². The lowest BCUT2D eigenvalue weighted by Crippen LogP contribution is -2.40. The molecule has 2 unspecified atom stereocenters. The van der Waals surface area contributed by atoms with Crippen molar-refractivity contribution in [1.29, 1.82) is 0 Å². The Bertz CT molecular complexity index is 1060. The van der Waals surface area contributed by atoms with Gasteiger partial charge in [0.1, 0.15) is 0 Å². The first-order valence-corrected chi connectivity index (χ1v) is 11.5. The number of fused-ring (bicyclic) bond motifs is 1. The number of nitrogens with two attached hydrogens (primary N) is 1. The predicted octanol–water partition coefficient (Wildman–Crippen LogP) is 6.49. The first kappa shape index (κ1) is 21.6. The SMILES string of the molecule is CC1CCc2cccc(-c3cccc(C(c4ccccc4C(C)C)C(C)(C)N)n3)c2N1. The summed E-state index contributed by atoms with van der Waals surface area (Å²) in [4.78, 5) is 5.20. The molecule has 0 fully saturated rings. The van der Waals surface area contributed by atoms with Crippen LogP contribution in [-0.4, -0.2) is 16.6 Å². The average Bonchev–Trinajstić information content (AvgIpc) is 2.73. The van der Waals surface area contributed by atoms with Gasteiger partial charge in [0.15, 0.2) is 0 Å². The molecular weight excluding hydrogens is 378 g/mol. The summed E-state index contributed by atoms with van der Waals surface area (Å²) in [5.74, 6) is 0.438. The highest BCUT2D eigenvalue weighted by molar-refractivity contribution is 5.79. The number of benzene rings is 2. The van der Waals surface area contributed by atoms with Crippen LogP contribution in [0, 0.1) is 0 Å². The largest absolute Gasteiger partial charge is 0.382 e. The Kier molecular flexibility index (Phi) is 5.90. The molecule has 0 bridgehead atoms. The predicted molar refractivity (Wildman–Crippen MR) is 132 cm³/mol. The fourth-order valence-corrected chi connectivity index (χ4v) is 4.89. The van der Waals surface area contributed by atoms with Gasteiger partial charge in [-0.05, 0) is 68.4 Å². The normalized spacial score (nSPS) is 17.2. The summed E-state index contributed by atoms with van der Waals surface area (Å²) in [5.41, 5.74) is 14.8. The fourth-order valence-electron chi connectivity index (χ4n) is 4.89. The number of rotatable bonds is 5. The summed E-state index contributed by atoms with van der Waals surface area (Å²) in [7, 11) is 0. The van der Waals surface area contributed by atoms with Gasteiger partial charge in [-0.25, -0.2) is 0 Å². The van der Waals surface area contributed by atoms with E-state index in [0.717, 1.165) is 17.8 Å². The summed E-state index contributed by atoms with van der Waals surface area (Å²) in [6, 6.07) is 22.1. The molecule has 0 saturated carbocycles. The second-order valence-electron chi connectivity index (χ2n) is 9.91. The number of aryl methyl sites for hydroxylation is 1. The zero-order valence-corrected chi connectivity index (χ0v) is 19.4. The van der Waals surface area contributed by atoms with Crippen LogP contribution < -0.4 is 11.1 Å². The second kappa shape index (κ2) is 8.47. The molecule has 31 heavy (non-hydrogen) atoms. The molecule has 3 nitrogen and oxygen atoms in total. The Hall–Kier alpha value is -2.65. The van der Waals surface area contributed by atoms with Crippen molar-refractivity contribution in [3.05, 3.63) is 83.0 Å². The van der Waals surface area contributed by atoms with E-state index in [9.17, 15) is 0 Å². The molecule has 2 aromatic carbocycles. The van der Waals surface area contributed by atoms with E-state index in [1.54, 1.807) is 0 Å². The van der Waals surface area contributed by atoms with Crippen LogP contribution in [0.15, 0.2) is 60.7 Å². The third-order valence-corrected chi connectivity index (χ3v) is 6.40. The van der Waals surface area contributed by atoms with Gasteiger partial charge < -0.3 is 11.1 Å². The van der Waals surface area contributed by atoms with Crippen LogP contribution in [0.4, 0.5) is 5.69 Å². The van der Waals surface area contributed by atoms with Crippen molar-refractivity contribution in [3.63, 3.8) is 0 Å². The molecule has 0 spiro atoms. The highest BCUT2D eigenvalue weighted by atomic mass is 14.9. The number of para-hydroxylation sites is 1. The van der Waals surface area contributed by atoms with E-state index in [1.807, 2.05) is 0 Å². The number of aromatic nitrogens is 1. The Morgan fingerprint density at radius 2 is 1.68 bits per heavy atom. The van der Waals surface area contributed by atoms with Crippen LogP contribution in [0.2, 0.25) is 0 Å². The molecule has 1 aromatic heterocycles. The van der Waals surface area contributed by atoms with Crippen LogP contribution >= 0.6 is 0 Å². The van der Waals surface area contributed by atoms with Crippen molar-refractivity contribution in [1.82, 2.24) is 4.98 Å². The van der Waals surface area contributed by atoms with Crippen LogP contribution in [0.5, 0.6) is 0 Å². The molecule has 1 aliphatic heterocycles. The smallest absolute Gasteiger partial charge is 0.0726 e. The summed E-state index contributed by atoms with van der Waals surface area (Å²) >= 11 is 0. The minimum absolute atomic E-state index is 0.0115. The van der Waals surface area contributed by atoms with E-state index < -0.39 is 5.54 Å². The van der Waals surface area contributed by atoms with Crippen LogP contribution in [0.1, 0.15) is 75.3 Å². The molecule has 0 saturated heterocycles. The first-order chi connectivity index (χ1) is 14.8. The van der Waals surface area contributed by atoms with Gasteiger partial charge in [-0.3, -0.25) is 4.98 Å². The number of anilines is 1. The molecule has 4 rings (SSSR count). The van der Waals surface area contributed by atoms with Gasteiger partial charge in [-0.2, -0.15) is 0 Å². The van der Waals surface area contributed by atoms with Crippen LogP contribution in [0.3, 0.4) is 0 Å². The Balaban J connectivity index is 1.84. The molecule has 3 heteroatoms. The third kappa shape index (κ3) is 4.38. The monoisotopic (exact) mass is 413 g/mol. The van der Waals surface area contributed by atoms with E-state index in [4.69, 9.17) is 10.7 Å². The topological polar surface area (TPSA) is 50.9 Å². The lowest BCUT2D eigenvalue weighted by molar-refractivity contribution is 0.447. The van der Waals surface area contributed by atoms with Gasteiger partial charge in [0.2, 0.25) is 0 Å². The van der Waals surface area contributed by atoms with Gasteiger partial charge >= 0.3 is 0 Å². The van der Waals surface area contributed by atoms with Crippen molar-refractivity contribution in [2.45, 2.75) is 70.9 Å². The first-order valence-electron chi connectivity index (χ1n) is 11.5. The standard InChI is InChI=1S/C28H35N3/c1-18(2)21-11-6-7-12-22(21)26(28(4,5)29)25-15-9-14-24(31-25)23-13-8-10-20-17-16-19(3)30-27(20)23/h6-15,18-19,26,30H,16-17,29H2,1-5H3. The molecule has 162 valence electrons. The summed E-state index contributed by atoms with van der Waals surface area (Å²) in [5, 5.41) is 3.70. The van der Waals surface area contributed by atoms with Gasteiger partial charge in [0.05, 0.1) is 11.4 Å². The van der Waals surface area contributed by atoms with Gasteiger partial charge in [0, 0.05) is 28.7 Å². The highest BCUT2D eigenvalue weighted by Gasteiger charge is 2.32. The van der Waals surface area contributed by atoms with E-state index in [1.165, 1.54) is 34.4 Å². The Morgan fingerprint density at radius 3 is 2.39 bits per heavy atom. The number of pyridine rings is 1. The van der Waals surface area contributed by atoms with E-state index in [-0.39, 0.29) is 5.92 Å². The summed E-state index contributed by atoms with van der Waals surface area (Å²) in [6.45, 7) is 10.9. The zero-order valence-electron chi connectivity index (χ0n) is 19.4. The summed E-state index contributed by atoms with van der Waals surface area (Å²) < 4.78 is 0. The number of nitrogens with zero attached hydrogens (tertiary/aromatic N) is 1. The van der Waals surface area contributed by atoms with Crippen molar-refractivity contribution in [3.8, 4) is 11.3 Å². The minimum atomic E-state index is -0.445. The molecule has 2 atom stereocenters. The average molecular weight is 414 g/mol. The van der Waals surface area contributed by atoms with E-state index in [2.05, 4.69) is 101 Å². The second-order valence-corrected chi connectivity index (χ2v) is 9.91. The molecular formula is C28H35N3. The van der Waals surface area contributed by atoms with E-state index in [0.29, 0.717) is 12.0 Å². The molecule has 1 aliphatic rings. The van der Waals surface area contributed by atoms with Crippen molar-refractivity contribution in [2.75, 3.05) is 5.32 Å². The molecule has 0 radical (unpaired) electrons. The maximum absolute atomic E-state index is 6.78. The molecule has 2 heterocycles. The van der Waals surface area contributed by atoms with Crippen LogP contribution in [0.25, 0.3) is 11.3 Å². The third-order valence-electron chi connectivity index (χ3n) is 6.40. The molecule has 0 amide bonds. The summed E-state index contributed by atoms with van der Waals surface area (Å²) in [6.07, 6.45) is 2.27. The number of nitrogens with one attached hydrogen (secondary N) is 1. The molecule has 3 N–H and O–H groups in total. The maximum Gasteiger partial charge on any atom is 0.0726 e. The van der Waals surface area contributed by atoms with E-state index >= 15 is 0 Å². The Labute approximate surface area is 187 Å².